The molecule has 0 aromatic heterocycles. The van der Waals surface area contributed by atoms with Crippen LogP contribution < -0.4 is 10.5 Å². The second-order valence-corrected chi connectivity index (χ2v) is 4.98. The fourth-order valence-corrected chi connectivity index (χ4v) is 2.55. The first-order valence-corrected chi connectivity index (χ1v) is 6.79. The zero-order valence-corrected chi connectivity index (χ0v) is 11.1. The van der Waals surface area contributed by atoms with E-state index < -0.39 is 0 Å². The van der Waals surface area contributed by atoms with Crippen molar-refractivity contribution in [1.82, 2.24) is 0 Å². The van der Waals surface area contributed by atoms with E-state index in [1.807, 2.05) is 24.3 Å². The molecule has 2 N–H and O–H groups in total. The third kappa shape index (κ3) is 3.47. The molecule has 18 heavy (non-hydrogen) atoms. The molecule has 3 nitrogen and oxygen atoms in total. The Morgan fingerprint density at radius 1 is 1.22 bits per heavy atom. The largest absolute Gasteiger partial charge is 0.497 e. The molecule has 100 valence electrons. The Labute approximate surface area is 109 Å². The second kappa shape index (κ2) is 6.76. The summed E-state index contributed by atoms with van der Waals surface area (Å²) in [5, 5.41) is 0. The minimum absolute atomic E-state index is 0.0107. The molecule has 0 aliphatic heterocycles. The average Bonchev–Trinajstić information content (AvgIpc) is 2.93. The van der Waals surface area contributed by atoms with Crippen LogP contribution in [0.25, 0.3) is 0 Å². The third-order valence-electron chi connectivity index (χ3n) is 3.71. The normalized spacial score (nSPS) is 17.9. The summed E-state index contributed by atoms with van der Waals surface area (Å²) in [5.41, 5.74) is 6.94. The summed E-state index contributed by atoms with van der Waals surface area (Å²) in [6.45, 7) is 1.37. The quantitative estimate of drug-likeness (QED) is 0.843. The van der Waals surface area contributed by atoms with Crippen LogP contribution in [0.2, 0.25) is 0 Å². The van der Waals surface area contributed by atoms with Gasteiger partial charge in [0.05, 0.1) is 19.8 Å². The van der Waals surface area contributed by atoms with Gasteiger partial charge in [0.1, 0.15) is 5.75 Å². The molecule has 3 heteroatoms. The minimum atomic E-state index is 0.0107. The number of methoxy groups -OCH3 is 1. The number of nitrogens with two attached hydrogens (primary N) is 1. The molecule has 0 saturated heterocycles. The van der Waals surface area contributed by atoms with E-state index in [1.54, 1.807) is 7.11 Å². The van der Waals surface area contributed by atoms with Crippen LogP contribution in [0.15, 0.2) is 24.3 Å². The van der Waals surface area contributed by atoms with Crippen molar-refractivity contribution in [3.05, 3.63) is 29.8 Å². The summed E-state index contributed by atoms with van der Waals surface area (Å²) < 4.78 is 11.1. The highest BCUT2D eigenvalue weighted by Gasteiger charge is 2.18. The van der Waals surface area contributed by atoms with E-state index in [1.165, 1.54) is 25.7 Å². The van der Waals surface area contributed by atoms with Gasteiger partial charge in [-0.25, -0.2) is 0 Å². The molecule has 2 rings (SSSR count). The highest BCUT2D eigenvalue weighted by Crippen LogP contribution is 2.27. The summed E-state index contributed by atoms with van der Waals surface area (Å²) in [7, 11) is 1.67. The van der Waals surface area contributed by atoms with E-state index in [9.17, 15) is 0 Å². The lowest BCUT2D eigenvalue weighted by Crippen LogP contribution is -2.18. The molecule has 0 heterocycles. The third-order valence-corrected chi connectivity index (χ3v) is 3.71. The lowest BCUT2D eigenvalue weighted by atomic mass is 10.1. The SMILES string of the molecule is COc1ccc(C(CN)OCC2CCCC2)cc1. The fourth-order valence-electron chi connectivity index (χ4n) is 2.55. The molecular weight excluding hydrogens is 226 g/mol. The predicted octanol–water partition coefficient (Wildman–Crippen LogP) is 2.90. The van der Waals surface area contributed by atoms with Gasteiger partial charge in [0.15, 0.2) is 0 Å². The maximum absolute atomic E-state index is 5.97. The monoisotopic (exact) mass is 249 g/mol. The molecule has 1 aliphatic carbocycles. The molecule has 0 radical (unpaired) electrons. The van der Waals surface area contributed by atoms with E-state index in [-0.39, 0.29) is 6.10 Å². The van der Waals surface area contributed by atoms with Gasteiger partial charge in [0.25, 0.3) is 0 Å². The van der Waals surface area contributed by atoms with Gasteiger partial charge >= 0.3 is 0 Å². The molecular formula is C15H23NO2. The Morgan fingerprint density at radius 2 is 1.89 bits per heavy atom. The summed E-state index contributed by atoms with van der Waals surface area (Å²) >= 11 is 0. The highest BCUT2D eigenvalue weighted by molar-refractivity contribution is 5.28. The molecule has 1 unspecified atom stereocenters. The number of ether oxygens (including phenoxy) is 2. The zero-order valence-electron chi connectivity index (χ0n) is 11.1. The standard InChI is InChI=1S/C15H23NO2/c1-17-14-8-6-13(7-9-14)15(10-16)18-11-12-4-2-3-5-12/h6-9,12,15H,2-5,10-11,16H2,1H3. The van der Waals surface area contributed by atoms with Crippen molar-refractivity contribution in [2.75, 3.05) is 20.3 Å². The van der Waals surface area contributed by atoms with Crippen LogP contribution in [0.1, 0.15) is 37.4 Å². The Hall–Kier alpha value is -1.06. The number of benzene rings is 1. The zero-order chi connectivity index (χ0) is 12.8. The maximum Gasteiger partial charge on any atom is 0.118 e. The van der Waals surface area contributed by atoms with Crippen LogP contribution in [0, 0.1) is 5.92 Å². The molecule has 1 aromatic rings. The van der Waals surface area contributed by atoms with Crippen LogP contribution in [0.4, 0.5) is 0 Å². The molecule has 1 fully saturated rings. The van der Waals surface area contributed by atoms with Crippen LogP contribution in [0.3, 0.4) is 0 Å². The Bertz CT molecular complexity index is 344. The van der Waals surface area contributed by atoms with Crippen molar-refractivity contribution in [3.8, 4) is 5.75 Å². The van der Waals surface area contributed by atoms with Gasteiger partial charge in [-0.15, -0.1) is 0 Å². The van der Waals surface area contributed by atoms with Crippen molar-refractivity contribution >= 4 is 0 Å². The summed E-state index contributed by atoms with van der Waals surface area (Å²) in [6, 6.07) is 7.98. The van der Waals surface area contributed by atoms with E-state index in [0.717, 1.165) is 23.8 Å². The molecule has 1 aromatic carbocycles. The van der Waals surface area contributed by atoms with Crippen molar-refractivity contribution in [2.24, 2.45) is 11.7 Å². The first-order valence-electron chi connectivity index (χ1n) is 6.79. The van der Waals surface area contributed by atoms with Crippen molar-refractivity contribution in [2.45, 2.75) is 31.8 Å². The Morgan fingerprint density at radius 3 is 2.44 bits per heavy atom. The van der Waals surface area contributed by atoms with E-state index >= 15 is 0 Å². The summed E-state index contributed by atoms with van der Waals surface area (Å²) in [6.07, 6.45) is 5.32. The number of rotatable bonds is 6. The molecule has 0 spiro atoms. The fraction of sp³-hybridized carbons (Fsp3) is 0.600. The summed E-state index contributed by atoms with van der Waals surface area (Å²) in [4.78, 5) is 0. The topological polar surface area (TPSA) is 44.5 Å². The number of hydrogen-bond donors (Lipinski definition) is 1. The van der Waals surface area contributed by atoms with Gasteiger partial charge in [-0.3, -0.25) is 0 Å². The summed E-state index contributed by atoms with van der Waals surface area (Å²) in [5.74, 6) is 1.60. The second-order valence-electron chi connectivity index (χ2n) is 4.98. The lowest BCUT2D eigenvalue weighted by molar-refractivity contribution is 0.0346. The average molecular weight is 249 g/mol. The lowest BCUT2D eigenvalue weighted by Gasteiger charge is -2.19. The Kier molecular flexibility index (Phi) is 5.02. The minimum Gasteiger partial charge on any atom is -0.497 e. The van der Waals surface area contributed by atoms with Crippen molar-refractivity contribution < 1.29 is 9.47 Å². The van der Waals surface area contributed by atoms with Crippen LogP contribution in [-0.4, -0.2) is 20.3 Å². The van der Waals surface area contributed by atoms with Crippen LogP contribution in [-0.2, 0) is 4.74 Å². The molecule has 1 saturated carbocycles. The van der Waals surface area contributed by atoms with E-state index in [4.69, 9.17) is 15.2 Å². The number of hydrogen-bond acceptors (Lipinski definition) is 3. The Balaban J connectivity index is 1.89. The molecule has 1 atom stereocenters. The van der Waals surface area contributed by atoms with Gasteiger partial charge in [0.2, 0.25) is 0 Å². The molecule has 0 bridgehead atoms. The van der Waals surface area contributed by atoms with Crippen LogP contribution >= 0.6 is 0 Å². The first-order chi connectivity index (χ1) is 8.83. The van der Waals surface area contributed by atoms with Gasteiger partial charge in [-0.1, -0.05) is 25.0 Å². The van der Waals surface area contributed by atoms with E-state index in [2.05, 4.69) is 0 Å². The van der Waals surface area contributed by atoms with E-state index in [0.29, 0.717) is 6.54 Å². The van der Waals surface area contributed by atoms with Crippen LogP contribution in [0.5, 0.6) is 5.75 Å². The van der Waals surface area contributed by atoms with Crippen molar-refractivity contribution in [1.29, 1.82) is 0 Å². The maximum atomic E-state index is 5.97. The first kappa shape index (κ1) is 13.4. The molecule has 0 amide bonds. The molecule has 1 aliphatic rings. The van der Waals surface area contributed by atoms with Crippen molar-refractivity contribution in [3.63, 3.8) is 0 Å². The smallest absolute Gasteiger partial charge is 0.118 e. The van der Waals surface area contributed by atoms with Gasteiger partial charge in [0, 0.05) is 6.54 Å². The van der Waals surface area contributed by atoms with Gasteiger partial charge < -0.3 is 15.2 Å². The van der Waals surface area contributed by atoms with Gasteiger partial charge in [-0.05, 0) is 36.5 Å². The predicted molar refractivity (Wildman–Crippen MR) is 72.7 cm³/mol. The highest BCUT2D eigenvalue weighted by atomic mass is 16.5. The van der Waals surface area contributed by atoms with Gasteiger partial charge in [-0.2, -0.15) is 0 Å².